The van der Waals surface area contributed by atoms with E-state index >= 15 is 0 Å². The number of ether oxygens (including phenoxy) is 2. The van der Waals surface area contributed by atoms with Crippen molar-refractivity contribution in [2.45, 2.75) is 0 Å². The third-order valence-electron chi connectivity index (χ3n) is 3.17. The van der Waals surface area contributed by atoms with Crippen LogP contribution >= 0.6 is 45.5 Å². The molecule has 0 saturated carbocycles. The molecule has 0 bridgehead atoms. The number of anilines is 1. The Bertz CT molecular complexity index is 824. The normalized spacial score (nSPS) is 10.5. The quantitative estimate of drug-likeness (QED) is 0.371. The van der Waals surface area contributed by atoms with Gasteiger partial charge >= 0.3 is 0 Å². The summed E-state index contributed by atoms with van der Waals surface area (Å²) in [6, 6.07) is 13.6. The number of nitrogens with one attached hydrogen (secondary N) is 1. The lowest BCUT2D eigenvalue weighted by atomic mass is 10.2. The molecule has 0 aliphatic carbocycles. The Morgan fingerprint density at radius 3 is 2.64 bits per heavy atom. The predicted octanol–water partition coefficient (Wildman–Crippen LogP) is 5.40. The molecule has 0 spiro atoms. The van der Waals surface area contributed by atoms with Gasteiger partial charge in [-0.15, -0.1) is 0 Å². The minimum Gasteiger partial charge on any atom is -0.497 e. The standard InChI is InChI=1S/C16H12I2N2O2/c1-21-11-3-4-14-12(9-11)15(6-7-19-14)22-16-5-2-10(20-18)8-13(16)17/h2-9,20H,1H3. The number of benzene rings is 2. The fourth-order valence-corrected chi connectivity index (χ4v) is 3.04. The maximum atomic E-state index is 6.09. The maximum Gasteiger partial charge on any atom is 0.140 e. The molecule has 1 N–H and O–H groups in total. The molecule has 3 rings (SSSR count). The van der Waals surface area contributed by atoms with Crippen LogP contribution in [0, 0.1) is 3.57 Å². The SMILES string of the molecule is COc1ccc2nccc(Oc3ccc(NI)cc3I)c2c1. The Hall–Kier alpha value is -1.29. The van der Waals surface area contributed by atoms with Crippen molar-refractivity contribution in [3.8, 4) is 17.2 Å². The first kappa shape index (κ1) is 15.6. The number of halogens is 2. The van der Waals surface area contributed by atoms with E-state index in [0.29, 0.717) is 0 Å². The fraction of sp³-hybridized carbons (Fsp3) is 0.0625. The summed E-state index contributed by atoms with van der Waals surface area (Å²) < 4.78 is 15.5. The van der Waals surface area contributed by atoms with Crippen LogP contribution in [0.1, 0.15) is 0 Å². The van der Waals surface area contributed by atoms with Crippen molar-refractivity contribution >= 4 is 62.0 Å². The monoisotopic (exact) mass is 518 g/mol. The van der Waals surface area contributed by atoms with Gasteiger partial charge in [-0.1, -0.05) is 0 Å². The van der Waals surface area contributed by atoms with Crippen LogP contribution < -0.4 is 13.0 Å². The number of nitrogens with zero attached hydrogens (tertiary/aromatic N) is 1. The van der Waals surface area contributed by atoms with Gasteiger partial charge in [0.1, 0.15) is 17.2 Å². The molecule has 0 unspecified atom stereocenters. The summed E-state index contributed by atoms with van der Waals surface area (Å²) in [5, 5.41) is 0.925. The lowest BCUT2D eigenvalue weighted by Crippen LogP contribution is -1.92. The number of rotatable bonds is 4. The molecule has 1 heterocycles. The average Bonchev–Trinajstić information content (AvgIpc) is 2.56. The molecule has 3 aromatic rings. The molecule has 22 heavy (non-hydrogen) atoms. The van der Waals surface area contributed by atoms with Gasteiger partial charge in [0, 0.05) is 17.3 Å². The Labute approximate surface area is 155 Å². The summed E-state index contributed by atoms with van der Waals surface area (Å²) >= 11 is 4.37. The first-order chi connectivity index (χ1) is 10.7. The molecular weight excluding hydrogens is 506 g/mol. The molecule has 0 atom stereocenters. The number of hydrogen-bond acceptors (Lipinski definition) is 4. The zero-order valence-electron chi connectivity index (χ0n) is 11.6. The van der Waals surface area contributed by atoms with E-state index in [0.717, 1.165) is 37.4 Å². The number of methoxy groups -OCH3 is 1. The molecule has 0 fully saturated rings. The number of fused-ring (bicyclic) bond motifs is 1. The molecule has 0 saturated heterocycles. The Morgan fingerprint density at radius 2 is 1.91 bits per heavy atom. The van der Waals surface area contributed by atoms with Crippen molar-refractivity contribution in [3.63, 3.8) is 0 Å². The molecular formula is C16H12I2N2O2. The topological polar surface area (TPSA) is 43.4 Å². The molecule has 0 radical (unpaired) electrons. The van der Waals surface area contributed by atoms with Crippen molar-refractivity contribution in [2.75, 3.05) is 10.6 Å². The summed E-state index contributed by atoms with van der Waals surface area (Å²) in [5.41, 5.74) is 1.91. The van der Waals surface area contributed by atoms with Gasteiger partial charge in [-0.3, -0.25) is 4.98 Å². The summed E-state index contributed by atoms with van der Waals surface area (Å²) in [7, 11) is 1.65. The highest BCUT2D eigenvalue weighted by molar-refractivity contribution is 14.1. The Balaban J connectivity index is 2.03. The van der Waals surface area contributed by atoms with Gasteiger partial charge in [-0.05, 0) is 65.1 Å². The smallest absolute Gasteiger partial charge is 0.140 e. The van der Waals surface area contributed by atoms with Gasteiger partial charge < -0.3 is 13.0 Å². The van der Waals surface area contributed by atoms with Crippen LogP contribution in [0.3, 0.4) is 0 Å². The second kappa shape index (κ2) is 6.86. The van der Waals surface area contributed by atoms with E-state index in [1.807, 2.05) is 42.5 Å². The van der Waals surface area contributed by atoms with Crippen molar-refractivity contribution in [3.05, 3.63) is 52.2 Å². The van der Waals surface area contributed by atoms with Crippen LogP contribution in [0.5, 0.6) is 17.2 Å². The van der Waals surface area contributed by atoms with E-state index in [-0.39, 0.29) is 0 Å². The van der Waals surface area contributed by atoms with Gasteiger partial charge in [0.05, 0.1) is 39.1 Å². The molecule has 2 aromatic carbocycles. The molecule has 0 aliphatic rings. The van der Waals surface area contributed by atoms with Crippen LogP contribution in [0.2, 0.25) is 0 Å². The highest BCUT2D eigenvalue weighted by Gasteiger charge is 2.09. The number of hydrogen-bond donors (Lipinski definition) is 1. The Kier molecular flexibility index (Phi) is 4.87. The summed E-state index contributed by atoms with van der Waals surface area (Å²) in [6.07, 6.45) is 1.75. The minimum atomic E-state index is 0.761. The summed E-state index contributed by atoms with van der Waals surface area (Å²) in [4.78, 5) is 4.36. The zero-order valence-corrected chi connectivity index (χ0v) is 16.0. The highest BCUT2D eigenvalue weighted by Crippen LogP contribution is 2.34. The van der Waals surface area contributed by atoms with Crippen LogP contribution in [0.25, 0.3) is 10.9 Å². The predicted molar refractivity (Wildman–Crippen MR) is 105 cm³/mol. The van der Waals surface area contributed by atoms with E-state index in [4.69, 9.17) is 9.47 Å². The molecule has 6 heteroatoms. The van der Waals surface area contributed by atoms with Gasteiger partial charge in [0.15, 0.2) is 0 Å². The van der Waals surface area contributed by atoms with Crippen LogP contribution in [-0.4, -0.2) is 12.1 Å². The number of aromatic nitrogens is 1. The Morgan fingerprint density at radius 1 is 1.05 bits per heavy atom. The molecule has 0 amide bonds. The second-order valence-electron chi connectivity index (χ2n) is 4.53. The van der Waals surface area contributed by atoms with Gasteiger partial charge in [0.2, 0.25) is 0 Å². The fourth-order valence-electron chi connectivity index (χ4n) is 2.08. The largest absolute Gasteiger partial charge is 0.497 e. The van der Waals surface area contributed by atoms with Crippen LogP contribution in [0.4, 0.5) is 5.69 Å². The van der Waals surface area contributed by atoms with Gasteiger partial charge in [-0.25, -0.2) is 0 Å². The molecule has 112 valence electrons. The van der Waals surface area contributed by atoms with Crippen molar-refractivity contribution in [1.29, 1.82) is 0 Å². The van der Waals surface area contributed by atoms with E-state index < -0.39 is 0 Å². The highest BCUT2D eigenvalue weighted by atomic mass is 127. The first-order valence-electron chi connectivity index (χ1n) is 6.48. The van der Waals surface area contributed by atoms with Gasteiger partial charge in [-0.2, -0.15) is 0 Å². The third kappa shape index (κ3) is 3.22. The summed E-state index contributed by atoms with van der Waals surface area (Å²) in [5.74, 6) is 2.35. The van der Waals surface area contributed by atoms with E-state index in [9.17, 15) is 0 Å². The lowest BCUT2D eigenvalue weighted by Gasteiger charge is -2.11. The van der Waals surface area contributed by atoms with Crippen LogP contribution in [-0.2, 0) is 0 Å². The van der Waals surface area contributed by atoms with Crippen molar-refractivity contribution in [2.24, 2.45) is 0 Å². The third-order valence-corrected chi connectivity index (χ3v) is 4.64. The maximum absolute atomic E-state index is 6.09. The number of pyridine rings is 1. The average molecular weight is 518 g/mol. The zero-order chi connectivity index (χ0) is 15.5. The lowest BCUT2D eigenvalue weighted by molar-refractivity contribution is 0.415. The molecule has 0 aliphatic heterocycles. The molecule has 1 aromatic heterocycles. The van der Waals surface area contributed by atoms with E-state index in [2.05, 4.69) is 54.0 Å². The van der Waals surface area contributed by atoms with Crippen molar-refractivity contribution in [1.82, 2.24) is 4.98 Å². The van der Waals surface area contributed by atoms with E-state index in [1.54, 1.807) is 13.3 Å². The molecule has 4 nitrogen and oxygen atoms in total. The van der Waals surface area contributed by atoms with Crippen molar-refractivity contribution < 1.29 is 9.47 Å². The van der Waals surface area contributed by atoms with Crippen LogP contribution in [0.15, 0.2) is 48.7 Å². The first-order valence-corrected chi connectivity index (χ1v) is 8.64. The second-order valence-corrected chi connectivity index (χ2v) is 6.24. The van der Waals surface area contributed by atoms with Gasteiger partial charge in [0.25, 0.3) is 0 Å². The minimum absolute atomic E-state index is 0.761. The van der Waals surface area contributed by atoms with E-state index in [1.165, 1.54) is 0 Å². The summed E-state index contributed by atoms with van der Waals surface area (Å²) in [6.45, 7) is 0.